The summed E-state index contributed by atoms with van der Waals surface area (Å²) in [5.41, 5.74) is 1.55. The molecule has 106 valence electrons. The Balaban J connectivity index is 2.14. The summed E-state index contributed by atoms with van der Waals surface area (Å²) in [5, 5.41) is 1.03. The molecule has 2 heterocycles. The lowest BCUT2D eigenvalue weighted by Crippen LogP contribution is -2.35. The average Bonchev–Trinajstić information content (AvgIpc) is 2.99. The van der Waals surface area contributed by atoms with Crippen LogP contribution in [0.2, 0.25) is 0 Å². The number of nitrogen functional groups attached to an aromatic ring is 1. The number of para-hydroxylation sites is 1. The standard InChI is InChI=1S/C16H21N3O/c1-2-14(18-9-5-6-10-18)13-11-12-7-3-4-8-15(12)19(17)16(13)20/h3-4,7-8,11,14H,2,5-6,9-10,17H2,1H3. The van der Waals surface area contributed by atoms with Crippen LogP contribution >= 0.6 is 0 Å². The first-order chi connectivity index (χ1) is 9.72. The van der Waals surface area contributed by atoms with Crippen LogP contribution in [-0.4, -0.2) is 22.7 Å². The molecule has 1 aromatic carbocycles. The fraction of sp³-hybridized carbons (Fsp3) is 0.438. The van der Waals surface area contributed by atoms with Gasteiger partial charge in [0.2, 0.25) is 0 Å². The van der Waals surface area contributed by atoms with E-state index in [1.54, 1.807) is 0 Å². The number of hydrogen-bond donors (Lipinski definition) is 1. The number of aromatic nitrogens is 1. The molecule has 0 bridgehead atoms. The molecule has 0 amide bonds. The van der Waals surface area contributed by atoms with Crippen LogP contribution < -0.4 is 11.4 Å². The molecule has 1 atom stereocenters. The van der Waals surface area contributed by atoms with Crippen molar-refractivity contribution in [1.82, 2.24) is 9.58 Å². The normalized spacial score (nSPS) is 17.6. The van der Waals surface area contributed by atoms with E-state index in [4.69, 9.17) is 5.84 Å². The van der Waals surface area contributed by atoms with Crippen molar-refractivity contribution in [2.24, 2.45) is 0 Å². The van der Waals surface area contributed by atoms with E-state index in [9.17, 15) is 4.79 Å². The molecule has 1 saturated heterocycles. The third kappa shape index (κ3) is 2.10. The molecule has 1 aliphatic heterocycles. The van der Waals surface area contributed by atoms with Crippen LogP contribution in [0.3, 0.4) is 0 Å². The first kappa shape index (κ1) is 13.2. The highest BCUT2D eigenvalue weighted by Crippen LogP contribution is 2.27. The van der Waals surface area contributed by atoms with Gasteiger partial charge in [0.15, 0.2) is 0 Å². The number of pyridine rings is 1. The first-order valence-corrected chi connectivity index (χ1v) is 7.36. The average molecular weight is 271 g/mol. The molecule has 2 N–H and O–H groups in total. The number of hydrogen-bond acceptors (Lipinski definition) is 3. The smallest absolute Gasteiger partial charge is 0.274 e. The Bertz CT molecular complexity index is 671. The molecule has 1 unspecified atom stereocenters. The summed E-state index contributed by atoms with van der Waals surface area (Å²) in [7, 11) is 0. The second-order valence-electron chi connectivity index (χ2n) is 5.50. The highest BCUT2D eigenvalue weighted by atomic mass is 16.1. The highest BCUT2D eigenvalue weighted by molar-refractivity contribution is 5.79. The summed E-state index contributed by atoms with van der Waals surface area (Å²) in [5.74, 6) is 6.00. The number of benzene rings is 1. The predicted octanol–water partition coefficient (Wildman–Crippen LogP) is 2.26. The molecular weight excluding hydrogens is 250 g/mol. The minimum Gasteiger partial charge on any atom is -0.336 e. The Morgan fingerprint density at radius 3 is 2.65 bits per heavy atom. The van der Waals surface area contributed by atoms with Crippen molar-refractivity contribution in [3.63, 3.8) is 0 Å². The fourth-order valence-corrected chi connectivity index (χ4v) is 3.27. The van der Waals surface area contributed by atoms with E-state index in [0.29, 0.717) is 0 Å². The largest absolute Gasteiger partial charge is 0.336 e. The van der Waals surface area contributed by atoms with Crippen molar-refractivity contribution in [3.05, 3.63) is 46.2 Å². The van der Waals surface area contributed by atoms with Crippen LogP contribution in [-0.2, 0) is 0 Å². The van der Waals surface area contributed by atoms with Gasteiger partial charge in [0, 0.05) is 17.0 Å². The third-order valence-electron chi connectivity index (χ3n) is 4.30. The maximum absolute atomic E-state index is 12.6. The van der Waals surface area contributed by atoms with E-state index in [0.717, 1.165) is 36.0 Å². The Labute approximate surface area is 118 Å². The van der Waals surface area contributed by atoms with Gasteiger partial charge >= 0.3 is 0 Å². The molecule has 2 aromatic rings. The van der Waals surface area contributed by atoms with Crippen LogP contribution in [0.5, 0.6) is 0 Å². The summed E-state index contributed by atoms with van der Waals surface area (Å²) in [4.78, 5) is 15.0. The van der Waals surface area contributed by atoms with E-state index < -0.39 is 0 Å². The molecule has 4 heteroatoms. The Kier molecular flexibility index (Phi) is 3.49. The molecular formula is C16H21N3O. The van der Waals surface area contributed by atoms with E-state index in [2.05, 4.69) is 11.8 Å². The molecule has 0 radical (unpaired) electrons. The zero-order chi connectivity index (χ0) is 14.1. The number of fused-ring (bicyclic) bond motifs is 1. The van der Waals surface area contributed by atoms with Crippen LogP contribution in [0, 0.1) is 0 Å². The zero-order valence-electron chi connectivity index (χ0n) is 11.9. The van der Waals surface area contributed by atoms with E-state index in [-0.39, 0.29) is 11.6 Å². The molecule has 4 nitrogen and oxygen atoms in total. The molecule has 1 fully saturated rings. The Morgan fingerprint density at radius 2 is 1.95 bits per heavy atom. The molecule has 1 aliphatic rings. The molecule has 0 aliphatic carbocycles. The van der Waals surface area contributed by atoms with Crippen LogP contribution in [0.15, 0.2) is 35.1 Å². The fourth-order valence-electron chi connectivity index (χ4n) is 3.27. The van der Waals surface area contributed by atoms with Gasteiger partial charge in [-0.1, -0.05) is 25.1 Å². The lowest BCUT2D eigenvalue weighted by atomic mass is 10.0. The van der Waals surface area contributed by atoms with Gasteiger partial charge in [-0.05, 0) is 44.5 Å². The zero-order valence-corrected chi connectivity index (χ0v) is 11.9. The van der Waals surface area contributed by atoms with Crippen molar-refractivity contribution in [2.75, 3.05) is 18.9 Å². The predicted molar refractivity (Wildman–Crippen MR) is 82.2 cm³/mol. The topological polar surface area (TPSA) is 51.3 Å². The van der Waals surface area contributed by atoms with Gasteiger partial charge in [-0.25, -0.2) is 4.68 Å². The summed E-state index contributed by atoms with van der Waals surface area (Å²) in [6.07, 6.45) is 3.38. The van der Waals surface area contributed by atoms with Gasteiger partial charge in [0.25, 0.3) is 5.56 Å². The Hall–Kier alpha value is -1.81. The molecule has 1 aromatic heterocycles. The molecule has 0 saturated carbocycles. The van der Waals surface area contributed by atoms with Gasteiger partial charge in [0.05, 0.1) is 5.52 Å². The lowest BCUT2D eigenvalue weighted by Gasteiger charge is -2.26. The number of nitrogens with zero attached hydrogens (tertiary/aromatic N) is 2. The lowest BCUT2D eigenvalue weighted by molar-refractivity contribution is 0.238. The summed E-state index contributed by atoms with van der Waals surface area (Å²) < 4.78 is 1.30. The second kappa shape index (κ2) is 5.29. The number of rotatable bonds is 3. The van der Waals surface area contributed by atoms with E-state index in [1.807, 2.05) is 30.3 Å². The maximum Gasteiger partial charge on any atom is 0.274 e. The van der Waals surface area contributed by atoms with Gasteiger partial charge in [0.1, 0.15) is 0 Å². The van der Waals surface area contributed by atoms with Crippen molar-refractivity contribution in [3.8, 4) is 0 Å². The van der Waals surface area contributed by atoms with Crippen LogP contribution in [0.4, 0.5) is 0 Å². The SMILES string of the molecule is CCC(c1cc2ccccc2n(N)c1=O)N1CCCC1. The van der Waals surface area contributed by atoms with Gasteiger partial charge in [-0.15, -0.1) is 0 Å². The van der Waals surface area contributed by atoms with Crippen LogP contribution in [0.25, 0.3) is 10.9 Å². The molecule has 20 heavy (non-hydrogen) atoms. The van der Waals surface area contributed by atoms with E-state index in [1.165, 1.54) is 17.5 Å². The number of nitrogens with two attached hydrogens (primary N) is 1. The highest BCUT2D eigenvalue weighted by Gasteiger charge is 2.25. The minimum absolute atomic E-state index is 0.0672. The van der Waals surface area contributed by atoms with Crippen molar-refractivity contribution in [2.45, 2.75) is 32.2 Å². The summed E-state index contributed by atoms with van der Waals surface area (Å²) in [6.45, 7) is 4.29. The quantitative estimate of drug-likeness (QED) is 0.871. The number of likely N-dealkylation sites (tertiary alicyclic amines) is 1. The van der Waals surface area contributed by atoms with Gasteiger partial charge in [-0.2, -0.15) is 0 Å². The summed E-state index contributed by atoms with van der Waals surface area (Å²) >= 11 is 0. The van der Waals surface area contributed by atoms with Crippen molar-refractivity contribution in [1.29, 1.82) is 0 Å². The third-order valence-corrected chi connectivity index (χ3v) is 4.30. The van der Waals surface area contributed by atoms with Crippen molar-refractivity contribution >= 4 is 10.9 Å². The summed E-state index contributed by atoms with van der Waals surface area (Å²) in [6, 6.07) is 9.99. The van der Waals surface area contributed by atoms with Crippen molar-refractivity contribution < 1.29 is 0 Å². The maximum atomic E-state index is 12.6. The molecule has 0 spiro atoms. The second-order valence-corrected chi connectivity index (χ2v) is 5.50. The molecule has 3 rings (SSSR count). The van der Waals surface area contributed by atoms with Gasteiger partial charge in [-0.3, -0.25) is 9.69 Å². The van der Waals surface area contributed by atoms with Crippen LogP contribution in [0.1, 0.15) is 37.8 Å². The first-order valence-electron chi connectivity index (χ1n) is 7.36. The van der Waals surface area contributed by atoms with E-state index >= 15 is 0 Å². The van der Waals surface area contributed by atoms with Gasteiger partial charge < -0.3 is 5.84 Å². The minimum atomic E-state index is -0.0672. The Morgan fingerprint density at radius 1 is 1.25 bits per heavy atom. The monoisotopic (exact) mass is 271 g/mol.